The van der Waals surface area contributed by atoms with Crippen LogP contribution in [0.3, 0.4) is 0 Å². The molecule has 0 atom stereocenters. The molecule has 1 aromatic carbocycles. The predicted molar refractivity (Wildman–Crippen MR) is 78.6 cm³/mol. The summed E-state index contributed by atoms with van der Waals surface area (Å²) in [7, 11) is 0. The van der Waals surface area contributed by atoms with Crippen LogP contribution in [0.15, 0.2) is 24.3 Å². The van der Waals surface area contributed by atoms with E-state index in [9.17, 15) is 4.79 Å². The van der Waals surface area contributed by atoms with Gasteiger partial charge < -0.3 is 5.73 Å². The van der Waals surface area contributed by atoms with Crippen molar-refractivity contribution < 1.29 is 4.79 Å². The Morgan fingerprint density at radius 1 is 1.30 bits per heavy atom. The number of para-hydroxylation sites is 1. The van der Waals surface area contributed by atoms with Crippen molar-refractivity contribution in [3.63, 3.8) is 0 Å². The molecule has 0 unspecified atom stereocenters. The van der Waals surface area contributed by atoms with Gasteiger partial charge in [-0.2, -0.15) is 0 Å². The average molecular weight is 273 g/mol. The van der Waals surface area contributed by atoms with Crippen molar-refractivity contribution >= 4 is 22.6 Å². The van der Waals surface area contributed by atoms with E-state index < -0.39 is 0 Å². The molecule has 1 heterocycles. The molecule has 0 bridgehead atoms. The highest BCUT2D eigenvalue weighted by atomic mass is 16.2. The summed E-state index contributed by atoms with van der Waals surface area (Å²) in [5, 5.41) is 0.842. The number of nitrogens with one attached hydrogen (secondary N) is 2. The first-order chi connectivity index (χ1) is 9.60. The summed E-state index contributed by atoms with van der Waals surface area (Å²) in [6, 6.07) is 7.58. The van der Waals surface area contributed by atoms with Crippen LogP contribution in [0.4, 0.5) is 5.82 Å². The Morgan fingerprint density at radius 2 is 2.05 bits per heavy atom. The number of carbonyl (C=O) groups excluding carboxylic acids is 1. The Hall–Kier alpha value is -2.21. The lowest BCUT2D eigenvalue weighted by Crippen LogP contribution is -2.31. The second-order valence-corrected chi connectivity index (χ2v) is 4.98. The third-order valence-corrected chi connectivity index (χ3v) is 2.75. The summed E-state index contributed by atoms with van der Waals surface area (Å²) in [5.41, 5.74) is 11.9. The Morgan fingerprint density at radius 3 is 2.75 bits per heavy atom. The lowest BCUT2D eigenvalue weighted by atomic mass is 10.1. The molecule has 0 spiro atoms. The molecule has 2 rings (SSSR count). The summed E-state index contributed by atoms with van der Waals surface area (Å²) in [6.45, 7) is 4.23. The van der Waals surface area contributed by atoms with E-state index in [1.807, 2.05) is 38.1 Å². The molecule has 4 N–H and O–H groups in total. The van der Waals surface area contributed by atoms with Gasteiger partial charge in [0.1, 0.15) is 5.82 Å². The molecular weight excluding hydrogens is 254 g/mol. The van der Waals surface area contributed by atoms with Crippen LogP contribution in [0.25, 0.3) is 10.9 Å². The zero-order chi connectivity index (χ0) is 14.5. The first-order valence-corrected chi connectivity index (χ1v) is 6.60. The molecule has 106 valence electrons. The number of anilines is 1. The molecule has 6 heteroatoms. The maximum Gasteiger partial charge on any atom is 0.238 e. The molecule has 20 heavy (non-hydrogen) atoms. The van der Waals surface area contributed by atoms with Crippen LogP contribution in [-0.4, -0.2) is 15.9 Å². The predicted octanol–water partition coefficient (Wildman–Crippen LogP) is 1.58. The summed E-state index contributed by atoms with van der Waals surface area (Å²) in [5.74, 6) is 1.33. The van der Waals surface area contributed by atoms with Crippen LogP contribution in [0.1, 0.15) is 26.1 Å². The molecule has 0 aliphatic carbocycles. The van der Waals surface area contributed by atoms with E-state index in [0.717, 1.165) is 10.9 Å². The van der Waals surface area contributed by atoms with Gasteiger partial charge >= 0.3 is 0 Å². The standard InChI is InChI=1S/C14H19N5O/c1-9(2)7-13(20)18-19-14-10-5-3-4-6-11(10)16-12(8-15)17-14/h3-6,9H,7-8,15H2,1-2H3,(H,18,20)(H,16,17,19). The van der Waals surface area contributed by atoms with E-state index in [0.29, 0.717) is 24.0 Å². The Kier molecular flexibility index (Phi) is 4.47. The van der Waals surface area contributed by atoms with Crippen molar-refractivity contribution in [2.24, 2.45) is 11.7 Å². The molecule has 0 aliphatic rings. The topological polar surface area (TPSA) is 92.9 Å². The maximum absolute atomic E-state index is 11.7. The number of carbonyl (C=O) groups is 1. The third-order valence-electron chi connectivity index (χ3n) is 2.75. The molecule has 0 saturated heterocycles. The number of nitrogens with two attached hydrogens (primary N) is 1. The van der Waals surface area contributed by atoms with Crippen molar-refractivity contribution in [2.75, 3.05) is 5.43 Å². The van der Waals surface area contributed by atoms with E-state index >= 15 is 0 Å². The first-order valence-electron chi connectivity index (χ1n) is 6.60. The van der Waals surface area contributed by atoms with Crippen LogP contribution >= 0.6 is 0 Å². The molecule has 0 saturated carbocycles. The van der Waals surface area contributed by atoms with Gasteiger partial charge in [-0.15, -0.1) is 0 Å². The van der Waals surface area contributed by atoms with E-state index in [-0.39, 0.29) is 12.5 Å². The Balaban J connectivity index is 2.22. The van der Waals surface area contributed by atoms with Gasteiger partial charge in [-0.05, 0) is 18.1 Å². The third kappa shape index (κ3) is 3.42. The number of benzene rings is 1. The summed E-state index contributed by atoms with van der Waals surface area (Å²) in [6.07, 6.45) is 0.458. The molecule has 0 aliphatic heterocycles. The summed E-state index contributed by atoms with van der Waals surface area (Å²) >= 11 is 0. The molecular formula is C14H19N5O. The number of hydrogen-bond donors (Lipinski definition) is 3. The number of nitrogens with zero attached hydrogens (tertiary/aromatic N) is 2. The number of fused-ring (bicyclic) bond motifs is 1. The molecule has 0 fully saturated rings. The molecule has 6 nitrogen and oxygen atoms in total. The molecule has 0 radical (unpaired) electrons. The lowest BCUT2D eigenvalue weighted by Gasteiger charge is -2.12. The average Bonchev–Trinajstić information content (AvgIpc) is 2.43. The van der Waals surface area contributed by atoms with Gasteiger partial charge in [-0.3, -0.25) is 15.6 Å². The number of hydrogen-bond acceptors (Lipinski definition) is 5. The lowest BCUT2D eigenvalue weighted by molar-refractivity contribution is -0.121. The smallest absolute Gasteiger partial charge is 0.238 e. The highest BCUT2D eigenvalue weighted by Gasteiger charge is 2.08. The normalized spacial score (nSPS) is 10.8. The van der Waals surface area contributed by atoms with Gasteiger partial charge in [0.25, 0.3) is 0 Å². The maximum atomic E-state index is 11.7. The molecule has 2 aromatic rings. The second-order valence-electron chi connectivity index (χ2n) is 4.98. The number of rotatable bonds is 5. The van der Waals surface area contributed by atoms with Crippen LogP contribution in [0.5, 0.6) is 0 Å². The van der Waals surface area contributed by atoms with Crippen LogP contribution in [0.2, 0.25) is 0 Å². The summed E-state index contributed by atoms with van der Waals surface area (Å²) < 4.78 is 0. The number of amides is 1. The van der Waals surface area contributed by atoms with E-state index in [1.54, 1.807) is 0 Å². The highest BCUT2D eigenvalue weighted by Crippen LogP contribution is 2.19. The Labute approximate surface area is 117 Å². The van der Waals surface area contributed by atoms with E-state index in [1.165, 1.54) is 0 Å². The fourth-order valence-electron chi connectivity index (χ4n) is 1.86. The van der Waals surface area contributed by atoms with E-state index in [4.69, 9.17) is 5.73 Å². The van der Waals surface area contributed by atoms with Crippen molar-refractivity contribution in [3.8, 4) is 0 Å². The van der Waals surface area contributed by atoms with Gasteiger partial charge in [-0.25, -0.2) is 9.97 Å². The second kappa shape index (κ2) is 6.29. The van der Waals surface area contributed by atoms with Gasteiger partial charge in [0, 0.05) is 11.8 Å². The van der Waals surface area contributed by atoms with Crippen LogP contribution < -0.4 is 16.6 Å². The van der Waals surface area contributed by atoms with Crippen molar-refractivity contribution in [3.05, 3.63) is 30.1 Å². The van der Waals surface area contributed by atoms with Crippen molar-refractivity contribution in [2.45, 2.75) is 26.8 Å². The van der Waals surface area contributed by atoms with Gasteiger partial charge in [0.2, 0.25) is 5.91 Å². The quantitative estimate of drug-likeness (QED) is 0.719. The van der Waals surface area contributed by atoms with Gasteiger partial charge in [0.15, 0.2) is 5.82 Å². The minimum Gasteiger partial charge on any atom is -0.324 e. The van der Waals surface area contributed by atoms with Crippen LogP contribution in [0, 0.1) is 5.92 Å². The number of aromatic nitrogens is 2. The zero-order valence-corrected chi connectivity index (χ0v) is 11.7. The minimum atomic E-state index is -0.0722. The SMILES string of the molecule is CC(C)CC(=O)NNc1nc(CN)nc2ccccc12. The Bertz CT molecular complexity index is 612. The van der Waals surface area contributed by atoms with Crippen molar-refractivity contribution in [1.82, 2.24) is 15.4 Å². The largest absolute Gasteiger partial charge is 0.324 e. The van der Waals surface area contributed by atoms with Crippen molar-refractivity contribution in [1.29, 1.82) is 0 Å². The minimum absolute atomic E-state index is 0.0722. The summed E-state index contributed by atoms with van der Waals surface area (Å²) in [4.78, 5) is 20.3. The number of hydrazine groups is 1. The zero-order valence-electron chi connectivity index (χ0n) is 11.7. The van der Waals surface area contributed by atoms with Crippen LogP contribution in [-0.2, 0) is 11.3 Å². The first kappa shape index (κ1) is 14.2. The van der Waals surface area contributed by atoms with Gasteiger partial charge in [0.05, 0.1) is 12.1 Å². The molecule has 1 amide bonds. The fraction of sp³-hybridized carbons (Fsp3) is 0.357. The fourth-order valence-corrected chi connectivity index (χ4v) is 1.86. The van der Waals surface area contributed by atoms with E-state index in [2.05, 4.69) is 20.8 Å². The van der Waals surface area contributed by atoms with Gasteiger partial charge in [-0.1, -0.05) is 26.0 Å². The highest BCUT2D eigenvalue weighted by molar-refractivity contribution is 5.90. The monoisotopic (exact) mass is 273 g/mol. The molecule has 1 aromatic heterocycles.